The minimum atomic E-state index is -0.738. The van der Waals surface area contributed by atoms with Crippen LogP contribution in [0, 0.1) is 0 Å². The van der Waals surface area contributed by atoms with Crippen LogP contribution in [0.25, 0.3) is 0 Å². The fourth-order valence-electron chi connectivity index (χ4n) is 4.91. The van der Waals surface area contributed by atoms with Crippen molar-refractivity contribution in [2.45, 2.75) is 102 Å². The number of rotatable bonds is 18. The largest absolute Gasteiger partial charge is 0.372 e. The molecule has 0 spiro atoms. The molecule has 0 aromatic heterocycles. The molecule has 2 atom stereocenters. The number of nitrogens with one attached hydrogen (secondary N) is 1. The number of aliphatic imine (C=N–C) groups is 1. The Morgan fingerprint density at radius 3 is 2.48 bits per heavy atom. The molecule has 2 unspecified atom stereocenters. The molecular formula is C25H47N5O. The predicted molar refractivity (Wildman–Crippen MR) is 132 cm³/mol. The Hall–Kier alpha value is -1.21. The van der Waals surface area contributed by atoms with E-state index in [1.54, 1.807) is 6.34 Å². The molecule has 0 radical (unpaired) electrons. The van der Waals surface area contributed by atoms with Crippen molar-refractivity contribution in [3.05, 3.63) is 24.8 Å². The summed E-state index contributed by atoms with van der Waals surface area (Å²) in [5.41, 5.74) is 1.70. The third kappa shape index (κ3) is 9.44. The molecule has 0 aliphatic carbocycles. The molecular weight excluding hydrogens is 386 g/mol. The fraction of sp³-hybridized carbons (Fsp3) is 0.800. The average Bonchev–Trinajstić information content (AvgIpc) is 3.12. The molecule has 1 saturated heterocycles. The minimum Gasteiger partial charge on any atom is -0.372 e. The van der Waals surface area contributed by atoms with Crippen LogP contribution < -0.4 is 11.3 Å². The highest BCUT2D eigenvalue weighted by molar-refractivity contribution is 5.52. The van der Waals surface area contributed by atoms with E-state index in [0.717, 1.165) is 58.3 Å². The lowest BCUT2D eigenvalue weighted by molar-refractivity contribution is -0.122. The zero-order valence-corrected chi connectivity index (χ0v) is 19.7. The summed E-state index contributed by atoms with van der Waals surface area (Å²) in [5.74, 6) is 5.17. The molecule has 0 aromatic carbocycles. The minimum absolute atomic E-state index is 0.272. The molecule has 2 aliphatic rings. The zero-order valence-electron chi connectivity index (χ0n) is 19.7. The summed E-state index contributed by atoms with van der Waals surface area (Å²) in [7, 11) is 0. The molecule has 2 rings (SSSR count). The molecule has 0 saturated carbocycles. The van der Waals surface area contributed by atoms with Gasteiger partial charge >= 0.3 is 0 Å². The van der Waals surface area contributed by atoms with E-state index < -0.39 is 5.72 Å². The van der Waals surface area contributed by atoms with Crippen LogP contribution in [-0.2, 0) is 0 Å². The lowest BCUT2D eigenvalue weighted by Crippen LogP contribution is -2.58. The zero-order chi connectivity index (χ0) is 22.2. The lowest BCUT2D eigenvalue weighted by Gasteiger charge is -2.45. The Kier molecular flexibility index (Phi) is 13.1. The van der Waals surface area contributed by atoms with Gasteiger partial charge in [-0.3, -0.25) is 14.8 Å². The first-order valence-electron chi connectivity index (χ1n) is 12.7. The highest BCUT2D eigenvalue weighted by atomic mass is 16.3. The monoisotopic (exact) mass is 433 g/mol. The van der Waals surface area contributed by atoms with Crippen molar-refractivity contribution in [3.63, 3.8) is 0 Å². The van der Waals surface area contributed by atoms with Gasteiger partial charge in [-0.15, -0.1) is 6.58 Å². The summed E-state index contributed by atoms with van der Waals surface area (Å²) >= 11 is 0. The number of unbranched alkanes of at least 4 members (excludes halogenated alkanes) is 10. The van der Waals surface area contributed by atoms with Crippen LogP contribution in [0.2, 0.25) is 0 Å². The highest BCUT2D eigenvalue weighted by Crippen LogP contribution is 2.34. The molecule has 2 heterocycles. The fourth-order valence-corrected chi connectivity index (χ4v) is 4.91. The van der Waals surface area contributed by atoms with Crippen molar-refractivity contribution < 1.29 is 5.11 Å². The summed E-state index contributed by atoms with van der Waals surface area (Å²) in [6, 6.07) is 0. The van der Waals surface area contributed by atoms with Crippen LogP contribution in [0.15, 0.2) is 29.8 Å². The van der Waals surface area contributed by atoms with E-state index in [1.807, 2.05) is 6.08 Å². The molecule has 31 heavy (non-hydrogen) atoms. The van der Waals surface area contributed by atoms with Gasteiger partial charge in [-0.05, 0) is 57.6 Å². The lowest BCUT2D eigenvalue weighted by atomic mass is 10.0. The maximum atomic E-state index is 11.3. The molecule has 0 amide bonds. The summed E-state index contributed by atoms with van der Waals surface area (Å²) < 4.78 is 0. The Morgan fingerprint density at radius 1 is 1.03 bits per heavy atom. The van der Waals surface area contributed by atoms with Crippen molar-refractivity contribution in [1.82, 2.24) is 15.2 Å². The molecule has 6 nitrogen and oxygen atoms in total. The second kappa shape index (κ2) is 15.6. The Morgan fingerprint density at radius 2 is 1.74 bits per heavy atom. The number of hydrazine groups is 1. The van der Waals surface area contributed by atoms with E-state index in [2.05, 4.69) is 38.9 Å². The highest BCUT2D eigenvalue weighted by Gasteiger charge is 2.43. The Labute approximate surface area is 190 Å². The normalized spacial score (nSPS) is 24.1. The van der Waals surface area contributed by atoms with Gasteiger partial charge in [0, 0.05) is 19.6 Å². The summed E-state index contributed by atoms with van der Waals surface area (Å²) in [5, 5.41) is 11.3. The number of aliphatic hydroxyl groups is 1. The van der Waals surface area contributed by atoms with Gasteiger partial charge in [0.25, 0.3) is 0 Å². The quantitative estimate of drug-likeness (QED) is 0.0749. The molecule has 0 bridgehead atoms. The van der Waals surface area contributed by atoms with E-state index in [0.29, 0.717) is 0 Å². The van der Waals surface area contributed by atoms with Gasteiger partial charge in [-0.25, -0.2) is 5.84 Å². The summed E-state index contributed by atoms with van der Waals surface area (Å²) in [6.45, 7) is 7.83. The number of allylic oxidation sites excluding steroid dienone is 1. The molecule has 0 aromatic rings. The van der Waals surface area contributed by atoms with Gasteiger partial charge in [0.2, 0.25) is 0 Å². The number of hydrogen-bond acceptors (Lipinski definition) is 5. The van der Waals surface area contributed by atoms with Crippen LogP contribution >= 0.6 is 0 Å². The SMILES string of the molecule is C=CCCCCCCCCCCC1(O)C=CC2N(CCCCCN=CNN)CCCN21. The van der Waals surface area contributed by atoms with Crippen LogP contribution in [0.1, 0.15) is 89.9 Å². The predicted octanol–water partition coefficient (Wildman–Crippen LogP) is 4.33. The van der Waals surface area contributed by atoms with Gasteiger partial charge in [0.15, 0.2) is 0 Å². The Bertz CT molecular complexity index is 538. The molecule has 2 aliphatic heterocycles. The van der Waals surface area contributed by atoms with Gasteiger partial charge in [-0.2, -0.15) is 0 Å². The maximum absolute atomic E-state index is 11.3. The van der Waals surface area contributed by atoms with Crippen molar-refractivity contribution in [2.24, 2.45) is 10.8 Å². The second-order valence-corrected chi connectivity index (χ2v) is 9.15. The number of fused-ring (bicyclic) bond motifs is 1. The summed E-state index contributed by atoms with van der Waals surface area (Å²) in [4.78, 5) is 9.05. The first kappa shape index (κ1) is 26.0. The van der Waals surface area contributed by atoms with Gasteiger partial charge < -0.3 is 10.5 Å². The van der Waals surface area contributed by atoms with E-state index in [-0.39, 0.29) is 6.17 Å². The topological polar surface area (TPSA) is 77.1 Å². The smallest absolute Gasteiger partial charge is 0.139 e. The second-order valence-electron chi connectivity index (χ2n) is 9.15. The first-order chi connectivity index (χ1) is 15.2. The molecule has 178 valence electrons. The van der Waals surface area contributed by atoms with E-state index >= 15 is 0 Å². The van der Waals surface area contributed by atoms with Gasteiger partial charge in [-0.1, -0.05) is 57.1 Å². The Balaban J connectivity index is 1.59. The van der Waals surface area contributed by atoms with E-state index in [9.17, 15) is 5.11 Å². The number of nitrogens with zero attached hydrogens (tertiary/aromatic N) is 3. The molecule has 6 heteroatoms. The average molecular weight is 434 g/mol. The van der Waals surface area contributed by atoms with Crippen LogP contribution in [0.3, 0.4) is 0 Å². The van der Waals surface area contributed by atoms with Crippen molar-refractivity contribution in [3.8, 4) is 0 Å². The van der Waals surface area contributed by atoms with Crippen molar-refractivity contribution >= 4 is 6.34 Å². The van der Waals surface area contributed by atoms with Gasteiger partial charge in [0.05, 0.1) is 12.5 Å². The van der Waals surface area contributed by atoms with Crippen molar-refractivity contribution in [2.75, 3.05) is 26.2 Å². The molecule has 1 fully saturated rings. The van der Waals surface area contributed by atoms with E-state index in [4.69, 9.17) is 5.84 Å². The van der Waals surface area contributed by atoms with Crippen LogP contribution in [0.5, 0.6) is 0 Å². The van der Waals surface area contributed by atoms with Gasteiger partial charge in [0.1, 0.15) is 5.72 Å². The number of hydrogen-bond donors (Lipinski definition) is 3. The maximum Gasteiger partial charge on any atom is 0.139 e. The van der Waals surface area contributed by atoms with Crippen molar-refractivity contribution in [1.29, 1.82) is 0 Å². The van der Waals surface area contributed by atoms with E-state index in [1.165, 1.54) is 57.8 Å². The third-order valence-corrected chi connectivity index (χ3v) is 6.67. The van der Waals surface area contributed by atoms with Crippen LogP contribution in [-0.4, -0.2) is 59.3 Å². The summed E-state index contributed by atoms with van der Waals surface area (Å²) in [6.07, 6.45) is 25.0. The third-order valence-electron chi connectivity index (χ3n) is 6.67. The standard InChI is InChI=1S/C25H47N5O/c1-2-3-4-5-6-7-8-9-10-12-17-25(31)18-16-24-29(21-15-22-30(24)25)20-14-11-13-19-27-23-28-26/h2,16,18,23-24,31H,1,3-15,17,19-22,26H2,(H,27,28). The van der Waals surface area contributed by atoms with Crippen LogP contribution in [0.4, 0.5) is 0 Å². The number of nitrogens with two attached hydrogens (primary N) is 1. The molecule has 4 N–H and O–H groups in total. The first-order valence-corrected chi connectivity index (χ1v) is 12.7.